The van der Waals surface area contributed by atoms with Crippen molar-refractivity contribution in [3.8, 4) is 5.88 Å². The van der Waals surface area contributed by atoms with E-state index >= 15 is 0 Å². The maximum atomic E-state index is 14.4. The standard InChI is InChI=1S/C35H41ClFN7O8S/c1-19-5-3-4-6-21-16-35(21,31(47)42-53(50,51)34(18-37)9-10-34)41-28(45)26-15-23(17-44(26)30(46)27(20(2)13-19)39-33(48)49)52-29-24-14-22(36)7-8-25(24)43-12-11-38-32(43)40-29/h4,6-8,11-12,14,19-21,23,26-27,39H,3,5,9-10,13,15-18H2,1-2H3,(H,41,45)(H,42,47)(H,48,49)/b6-4-/t19-,20-,21-,23-,26+,27+,35-/m1/s1. The van der Waals surface area contributed by atoms with Crippen molar-refractivity contribution in [1.82, 2.24) is 34.6 Å². The van der Waals surface area contributed by atoms with Gasteiger partial charge in [-0.25, -0.2) is 22.6 Å². The van der Waals surface area contributed by atoms with Gasteiger partial charge in [-0.2, -0.15) is 4.98 Å². The van der Waals surface area contributed by atoms with Gasteiger partial charge < -0.3 is 25.4 Å². The van der Waals surface area contributed by atoms with E-state index in [0.717, 1.165) is 0 Å². The molecule has 0 bridgehead atoms. The lowest BCUT2D eigenvalue weighted by molar-refractivity contribution is -0.142. The van der Waals surface area contributed by atoms with Gasteiger partial charge in [-0.05, 0) is 68.6 Å². The normalized spacial score (nSPS) is 30.7. The number of alkyl halides is 1. The molecule has 0 unspecified atom stereocenters. The quantitative estimate of drug-likeness (QED) is 0.258. The van der Waals surface area contributed by atoms with E-state index in [1.165, 1.54) is 4.90 Å². The van der Waals surface area contributed by atoms with E-state index < -0.39 is 80.8 Å². The van der Waals surface area contributed by atoms with Crippen molar-refractivity contribution in [3.05, 3.63) is 47.8 Å². The third-order valence-electron chi connectivity index (χ3n) is 11.1. The highest BCUT2D eigenvalue weighted by Crippen LogP contribution is 2.48. The van der Waals surface area contributed by atoms with Crippen molar-refractivity contribution in [2.75, 3.05) is 13.2 Å². The lowest BCUT2D eigenvalue weighted by atomic mass is 9.88. The Kier molecular flexibility index (Phi) is 9.54. The van der Waals surface area contributed by atoms with Crippen LogP contribution in [-0.4, -0.2) is 98.3 Å². The molecule has 3 fully saturated rings. The fourth-order valence-corrected chi connectivity index (χ4v) is 9.34. The number of halogens is 2. The summed E-state index contributed by atoms with van der Waals surface area (Å²) in [6.45, 7) is 2.48. The minimum atomic E-state index is -4.40. The summed E-state index contributed by atoms with van der Waals surface area (Å²) in [5, 5.41) is 15.9. The van der Waals surface area contributed by atoms with Crippen LogP contribution in [0.1, 0.15) is 58.8 Å². The molecule has 2 aliphatic heterocycles. The van der Waals surface area contributed by atoms with Crippen LogP contribution in [0.5, 0.6) is 5.88 Å². The van der Waals surface area contributed by atoms with Gasteiger partial charge in [0, 0.05) is 29.8 Å². The summed E-state index contributed by atoms with van der Waals surface area (Å²) in [4.78, 5) is 64.7. The Balaban J connectivity index is 1.24. The van der Waals surface area contributed by atoms with Crippen LogP contribution in [0.2, 0.25) is 5.02 Å². The minimum absolute atomic E-state index is 0.0708. The van der Waals surface area contributed by atoms with Crippen LogP contribution in [0.15, 0.2) is 42.7 Å². The number of carbonyl (C=O) groups is 4. The van der Waals surface area contributed by atoms with E-state index in [1.54, 1.807) is 48.0 Å². The number of benzene rings is 1. The van der Waals surface area contributed by atoms with E-state index in [-0.39, 0.29) is 44.0 Å². The van der Waals surface area contributed by atoms with Gasteiger partial charge in [-0.1, -0.05) is 37.6 Å². The summed E-state index contributed by atoms with van der Waals surface area (Å²) >= 11 is 6.35. The molecule has 7 rings (SSSR count). The number of aromatic nitrogens is 3. The Hall–Kier alpha value is -4.51. The Labute approximate surface area is 309 Å². The molecule has 2 saturated carbocycles. The first-order valence-corrected chi connectivity index (χ1v) is 19.5. The second kappa shape index (κ2) is 13.7. The largest absolute Gasteiger partial charge is 0.472 e. The fourth-order valence-electron chi connectivity index (χ4n) is 7.74. The maximum absolute atomic E-state index is 14.4. The summed E-state index contributed by atoms with van der Waals surface area (Å²) in [6.07, 6.45) is 6.64. The molecule has 4 aliphatic rings. The van der Waals surface area contributed by atoms with Crippen LogP contribution in [0.3, 0.4) is 0 Å². The number of allylic oxidation sites excluding steroid dienone is 1. The third kappa shape index (κ3) is 6.88. The van der Waals surface area contributed by atoms with Crippen LogP contribution < -0.4 is 20.1 Å². The van der Waals surface area contributed by atoms with Crippen molar-refractivity contribution in [3.63, 3.8) is 0 Å². The van der Waals surface area contributed by atoms with E-state index in [4.69, 9.17) is 16.3 Å². The van der Waals surface area contributed by atoms with Crippen molar-refractivity contribution in [2.45, 2.75) is 87.3 Å². The summed E-state index contributed by atoms with van der Waals surface area (Å²) in [7, 11) is -4.40. The van der Waals surface area contributed by atoms with Gasteiger partial charge in [-0.15, -0.1) is 0 Å². The number of hydrogen-bond donors (Lipinski definition) is 4. The number of sulfonamides is 1. The molecular formula is C35H41ClFN7O8S. The predicted molar refractivity (Wildman–Crippen MR) is 190 cm³/mol. The molecular weight excluding hydrogens is 733 g/mol. The average Bonchev–Trinajstić information content (AvgIpc) is 3.94. The van der Waals surface area contributed by atoms with Gasteiger partial charge >= 0.3 is 6.09 Å². The molecule has 4 N–H and O–H groups in total. The van der Waals surface area contributed by atoms with Crippen molar-refractivity contribution >= 4 is 62.1 Å². The van der Waals surface area contributed by atoms with Crippen LogP contribution in [0.25, 0.3) is 16.7 Å². The minimum Gasteiger partial charge on any atom is -0.472 e. The Morgan fingerprint density at radius 2 is 1.98 bits per heavy atom. The second-order valence-electron chi connectivity index (χ2n) is 14.9. The lowest BCUT2D eigenvalue weighted by Gasteiger charge is -2.32. The topological polar surface area (TPSA) is 201 Å². The fraction of sp³-hybridized carbons (Fsp3) is 0.543. The molecule has 18 heteroatoms. The summed E-state index contributed by atoms with van der Waals surface area (Å²) < 4.78 is 48.5. The molecule has 0 radical (unpaired) electrons. The van der Waals surface area contributed by atoms with E-state index in [1.807, 2.05) is 17.7 Å². The number of amides is 4. The Morgan fingerprint density at radius 3 is 2.70 bits per heavy atom. The predicted octanol–water partition coefficient (Wildman–Crippen LogP) is 3.36. The van der Waals surface area contributed by atoms with Gasteiger partial charge in [0.05, 0.1) is 17.4 Å². The van der Waals surface area contributed by atoms with E-state index in [9.17, 15) is 37.1 Å². The molecule has 1 saturated heterocycles. The molecule has 4 heterocycles. The molecule has 0 spiro atoms. The lowest BCUT2D eigenvalue weighted by Crippen LogP contribution is -2.59. The number of hydrogen-bond acceptors (Lipinski definition) is 9. The molecule has 3 aromatic rings. The number of ether oxygens (including phenoxy) is 1. The number of rotatable bonds is 7. The van der Waals surface area contributed by atoms with Gasteiger partial charge in [0.25, 0.3) is 5.91 Å². The third-order valence-corrected chi connectivity index (χ3v) is 13.4. The number of carboxylic acid groups (broad SMARTS) is 1. The molecule has 4 amide bonds. The highest BCUT2D eigenvalue weighted by Gasteiger charge is 2.64. The van der Waals surface area contributed by atoms with Crippen molar-refractivity contribution < 1.29 is 41.8 Å². The number of imidazole rings is 1. The molecule has 15 nitrogen and oxygen atoms in total. The maximum Gasteiger partial charge on any atom is 0.405 e. The molecule has 7 atom stereocenters. The second-order valence-corrected chi connectivity index (χ2v) is 17.4. The first kappa shape index (κ1) is 36.8. The van der Waals surface area contributed by atoms with Gasteiger partial charge in [0.2, 0.25) is 33.5 Å². The SMILES string of the molecule is C[C@@H]1CC/C=C\[C@@H]2C[C@@]2(C(=O)NS(=O)(=O)C2(CF)CC2)NC(=O)[C@@H]2C[C@@H](Oc3nc4nccn4c4ccc(Cl)cc34)CN2C(=O)[C@@H](NC(=O)O)[C@H](C)C1. The molecule has 53 heavy (non-hydrogen) atoms. The van der Waals surface area contributed by atoms with Crippen molar-refractivity contribution in [1.29, 1.82) is 0 Å². The first-order chi connectivity index (χ1) is 25.2. The zero-order valence-corrected chi connectivity index (χ0v) is 30.7. The number of fused-ring (bicyclic) bond motifs is 5. The molecule has 2 aliphatic carbocycles. The Bertz CT molecular complexity index is 2130. The smallest absolute Gasteiger partial charge is 0.405 e. The summed E-state index contributed by atoms with van der Waals surface area (Å²) in [6, 6.07) is 2.70. The van der Waals surface area contributed by atoms with Gasteiger partial charge in [-0.3, -0.25) is 23.5 Å². The zero-order chi connectivity index (χ0) is 37.9. The number of nitrogens with zero attached hydrogens (tertiary/aromatic N) is 4. The van der Waals surface area contributed by atoms with E-state index in [0.29, 0.717) is 41.0 Å². The number of carbonyl (C=O) groups excluding carboxylic acids is 3. The van der Waals surface area contributed by atoms with Crippen LogP contribution in [-0.2, 0) is 24.4 Å². The average molecular weight is 774 g/mol. The Morgan fingerprint density at radius 1 is 1.21 bits per heavy atom. The van der Waals surface area contributed by atoms with Crippen molar-refractivity contribution in [2.24, 2.45) is 17.8 Å². The molecule has 1 aromatic carbocycles. The zero-order valence-electron chi connectivity index (χ0n) is 29.1. The van der Waals surface area contributed by atoms with Crippen LogP contribution in [0.4, 0.5) is 9.18 Å². The molecule has 284 valence electrons. The van der Waals surface area contributed by atoms with Crippen LogP contribution in [0, 0.1) is 17.8 Å². The summed E-state index contributed by atoms with van der Waals surface area (Å²) in [5.41, 5.74) is -0.989. The van der Waals surface area contributed by atoms with E-state index in [2.05, 4.69) is 20.6 Å². The van der Waals surface area contributed by atoms with Gasteiger partial charge in [0.1, 0.15) is 35.1 Å². The highest BCUT2D eigenvalue weighted by atomic mass is 35.5. The van der Waals surface area contributed by atoms with Gasteiger partial charge in [0.15, 0.2) is 0 Å². The summed E-state index contributed by atoms with van der Waals surface area (Å²) in [5.74, 6) is -2.85. The first-order valence-electron chi connectivity index (χ1n) is 17.7. The van der Waals surface area contributed by atoms with Crippen LogP contribution >= 0.6 is 11.6 Å². The molecule has 2 aromatic heterocycles. The monoisotopic (exact) mass is 773 g/mol. The highest BCUT2D eigenvalue weighted by molar-refractivity contribution is 7.91. The number of nitrogens with one attached hydrogen (secondary N) is 3.